The Kier molecular flexibility index (Phi) is 9.39. The number of aromatic nitrogens is 5. The lowest BCUT2D eigenvalue weighted by molar-refractivity contribution is 0.0174. The van der Waals surface area contributed by atoms with E-state index >= 15 is 0 Å². The molecule has 2 saturated heterocycles. The number of amides is 3. The number of ether oxygens (including phenoxy) is 1. The van der Waals surface area contributed by atoms with Gasteiger partial charge in [-0.25, -0.2) is 28.3 Å². The number of piperazine rings is 1. The van der Waals surface area contributed by atoms with Crippen LogP contribution in [-0.2, 0) is 4.74 Å². The SMILES string of the molecule is C=C(/C=C\C(F)=C/CC1CCCN1c1ccn2ncc(NC(=O)N3CCN(C(=O)OC(C)(C)C)CC3)c2n1)n1ccc(N)nc1=O. The van der Waals surface area contributed by atoms with Crippen molar-refractivity contribution in [1.29, 1.82) is 0 Å². The van der Waals surface area contributed by atoms with Gasteiger partial charge >= 0.3 is 17.8 Å². The Bertz CT molecular complexity index is 1730. The molecule has 2 aliphatic rings. The molecule has 1 atom stereocenters. The predicted molar refractivity (Wildman–Crippen MR) is 173 cm³/mol. The second-order valence-electron chi connectivity index (χ2n) is 12.1. The molecule has 3 N–H and O–H groups in total. The molecule has 3 aromatic rings. The molecule has 1 unspecified atom stereocenters. The van der Waals surface area contributed by atoms with E-state index < -0.39 is 23.2 Å². The number of fused-ring (bicyclic) bond motifs is 1. The second-order valence-corrected chi connectivity index (χ2v) is 12.1. The van der Waals surface area contributed by atoms with E-state index in [-0.39, 0.29) is 23.6 Å². The molecule has 244 valence electrons. The number of nitrogens with one attached hydrogen (secondary N) is 1. The molecule has 0 radical (unpaired) electrons. The van der Waals surface area contributed by atoms with Gasteiger partial charge in [0.15, 0.2) is 5.65 Å². The van der Waals surface area contributed by atoms with Crippen molar-refractivity contribution in [1.82, 2.24) is 33.9 Å². The van der Waals surface area contributed by atoms with E-state index in [0.29, 0.717) is 49.8 Å². The molecule has 2 aliphatic heterocycles. The lowest BCUT2D eigenvalue weighted by Crippen LogP contribution is -2.52. The van der Waals surface area contributed by atoms with E-state index in [1.54, 1.807) is 26.7 Å². The largest absolute Gasteiger partial charge is 0.444 e. The fraction of sp³-hybridized carbons (Fsp3) is 0.419. The van der Waals surface area contributed by atoms with Crippen molar-refractivity contribution >= 4 is 40.8 Å². The maximum absolute atomic E-state index is 14.7. The molecule has 3 aromatic heterocycles. The first-order valence-electron chi connectivity index (χ1n) is 15.1. The highest BCUT2D eigenvalue weighted by Crippen LogP contribution is 2.28. The van der Waals surface area contributed by atoms with Crippen molar-refractivity contribution in [2.45, 2.75) is 51.7 Å². The van der Waals surface area contributed by atoms with Crippen LogP contribution in [0.25, 0.3) is 11.3 Å². The normalized spacial score (nSPS) is 17.6. The third-order valence-corrected chi connectivity index (χ3v) is 7.64. The van der Waals surface area contributed by atoms with Crippen molar-refractivity contribution < 1.29 is 18.7 Å². The van der Waals surface area contributed by atoms with E-state index in [2.05, 4.69) is 26.9 Å². The zero-order valence-electron chi connectivity index (χ0n) is 26.2. The van der Waals surface area contributed by atoms with Crippen LogP contribution in [0, 0.1) is 0 Å². The Morgan fingerprint density at radius 2 is 1.85 bits per heavy atom. The number of nitrogen functional groups attached to an aromatic ring is 1. The van der Waals surface area contributed by atoms with Crippen molar-refractivity contribution in [3.63, 3.8) is 0 Å². The summed E-state index contributed by atoms with van der Waals surface area (Å²) in [6, 6.07) is 3.02. The van der Waals surface area contributed by atoms with Gasteiger partial charge in [0.05, 0.1) is 6.20 Å². The Labute approximate surface area is 265 Å². The van der Waals surface area contributed by atoms with Gasteiger partial charge < -0.3 is 30.5 Å². The summed E-state index contributed by atoms with van der Waals surface area (Å²) in [6.45, 7) is 11.5. The van der Waals surface area contributed by atoms with Gasteiger partial charge in [-0.15, -0.1) is 0 Å². The van der Waals surface area contributed by atoms with Crippen molar-refractivity contribution in [3.05, 3.63) is 71.8 Å². The molecule has 46 heavy (non-hydrogen) atoms. The number of nitrogens with two attached hydrogens (primary N) is 1. The fourth-order valence-electron chi connectivity index (χ4n) is 5.31. The summed E-state index contributed by atoms with van der Waals surface area (Å²) in [5.41, 5.74) is 5.54. The summed E-state index contributed by atoms with van der Waals surface area (Å²) in [6.07, 6.45) is 10.8. The number of hydrogen-bond acceptors (Lipinski definition) is 9. The first-order chi connectivity index (χ1) is 21.9. The first kappa shape index (κ1) is 32.2. The lowest BCUT2D eigenvalue weighted by Gasteiger charge is -2.35. The predicted octanol–water partition coefficient (Wildman–Crippen LogP) is 3.89. The maximum Gasteiger partial charge on any atom is 0.410 e. The third kappa shape index (κ3) is 7.71. The van der Waals surface area contributed by atoms with E-state index in [1.165, 1.54) is 35.1 Å². The monoisotopic (exact) mass is 634 g/mol. The summed E-state index contributed by atoms with van der Waals surface area (Å²) in [5.74, 6) is 0.339. The van der Waals surface area contributed by atoms with Crippen LogP contribution >= 0.6 is 0 Å². The number of halogens is 1. The van der Waals surface area contributed by atoms with Gasteiger partial charge in [0.2, 0.25) is 0 Å². The zero-order chi connectivity index (χ0) is 33.0. The van der Waals surface area contributed by atoms with Crippen molar-refractivity contribution in [3.8, 4) is 0 Å². The van der Waals surface area contributed by atoms with Crippen molar-refractivity contribution in [2.24, 2.45) is 0 Å². The minimum absolute atomic E-state index is 0.0171. The molecule has 0 bridgehead atoms. The molecule has 0 aliphatic carbocycles. The van der Waals surface area contributed by atoms with Gasteiger partial charge in [0.1, 0.15) is 28.8 Å². The minimum Gasteiger partial charge on any atom is -0.444 e. The van der Waals surface area contributed by atoms with Crippen LogP contribution in [0.2, 0.25) is 0 Å². The summed E-state index contributed by atoms with van der Waals surface area (Å²) in [5, 5.41) is 7.24. The van der Waals surface area contributed by atoms with Crippen LogP contribution in [0.5, 0.6) is 0 Å². The molecule has 15 heteroatoms. The summed E-state index contributed by atoms with van der Waals surface area (Å²) >= 11 is 0. The Morgan fingerprint density at radius 3 is 2.57 bits per heavy atom. The Morgan fingerprint density at radius 1 is 1.11 bits per heavy atom. The quantitative estimate of drug-likeness (QED) is 0.368. The van der Waals surface area contributed by atoms with Gasteiger partial charge in [0.25, 0.3) is 0 Å². The van der Waals surface area contributed by atoms with Gasteiger partial charge in [0, 0.05) is 56.9 Å². The Hall–Kier alpha value is -5.21. The van der Waals surface area contributed by atoms with E-state index in [9.17, 15) is 18.8 Å². The summed E-state index contributed by atoms with van der Waals surface area (Å²) < 4.78 is 22.9. The molecule has 0 aromatic carbocycles. The van der Waals surface area contributed by atoms with Crippen LogP contribution in [0.1, 0.15) is 40.0 Å². The van der Waals surface area contributed by atoms with Gasteiger partial charge in [-0.1, -0.05) is 6.58 Å². The molecular weight excluding hydrogens is 595 g/mol. The standard InChI is InChI=1S/C31H39FN10O4/c1-21(40-14-11-25(33)36-29(40)44)7-8-22(32)9-10-23-6-5-13-41(23)26-12-15-42-27(37-26)24(20-34-42)35-28(43)38-16-18-39(19-17-38)30(45)46-31(2,3)4/h7-9,11-12,14-15,20,23H,1,5-6,10,13,16-19H2,2-4H3,(H,35,43)(H2,33,36,44)/b8-7-,22-9+. The van der Waals surface area contributed by atoms with Crippen molar-refractivity contribution in [2.75, 3.05) is 48.7 Å². The van der Waals surface area contributed by atoms with Crippen LogP contribution in [0.15, 0.2) is 66.2 Å². The summed E-state index contributed by atoms with van der Waals surface area (Å²) in [7, 11) is 0. The van der Waals surface area contributed by atoms with Gasteiger partial charge in [-0.05, 0) is 70.4 Å². The molecule has 2 fully saturated rings. The first-order valence-corrected chi connectivity index (χ1v) is 15.1. The molecule has 5 rings (SSSR count). The molecular formula is C31H39FN10O4. The van der Waals surface area contributed by atoms with Crippen LogP contribution in [-0.4, -0.2) is 90.4 Å². The minimum atomic E-state index is -0.593. The van der Waals surface area contributed by atoms with Crippen LogP contribution in [0.4, 0.5) is 31.3 Å². The third-order valence-electron chi connectivity index (χ3n) is 7.64. The topological polar surface area (TPSA) is 156 Å². The number of allylic oxidation sites excluding steroid dienone is 4. The van der Waals surface area contributed by atoms with Gasteiger partial charge in [-0.3, -0.25) is 4.57 Å². The molecule has 5 heterocycles. The second kappa shape index (κ2) is 13.4. The van der Waals surface area contributed by atoms with Gasteiger partial charge in [-0.2, -0.15) is 10.1 Å². The van der Waals surface area contributed by atoms with Crippen LogP contribution in [0.3, 0.4) is 0 Å². The lowest BCUT2D eigenvalue weighted by atomic mass is 10.1. The number of nitrogens with zero attached hydrogens (tertiary/aromatic N) is 8. The molecule has 0 spiro atoms. The highest BCUT2D eigenvalue weighted by atomic mass is 19.1. The molecule has 0 saturated carbocycles. The molecule has 3 amide bonds. The number of carbonyl (C=O) groups excluding carboxylic acids is 2. The maximum atomic E-state index is 14.7. The van der Waals surface area contributed by atoms with Crippen LogP contribution < -0.4 is 21.6 Å². The van der Waals surface area contributed by atoms with E-state index in [4.69, 9.17) is 15.5 Å². The summed E-state index contributed by atoms with van der Waals surface area (Å²) in [4.78, 5) is 51.3. The number of hydrogen-bond donors (Lipinski definition) is 2. The highest BCUT2D eigenvalue weighted by molar-refractivity contribution is 5.93. The highest BCUT2D eigenvalue weighted by Gasteiger charge is 2.29. The molecule has 14 nitrogen and oxygen atoms in total. The Balaban J connectivity index is 1.20. The average molecular weight is 635 g/mol. The number of rotatable bonds is 7. The number of anilines is 3. The number of carbonyl (C=O) groups is 2. The van der Waals surface area contributed by atoms with E-state index in [0.717, 1.165) is 19.4 Å². The zero-order valence-corrected chi connectivity index (χ0v) is 26.2. The van der Waals surface area contributed by atoms with E-state index in [1.807, 2.05) is 26.8 Å². The fourth-order valence-corrected chi connectivity index (χ4v) is 5.31. The average Bonchev–Trinajstić information content (AvgIpc) is 3.64. The number of urea groups is 1. The smallest absolute Gasteiger partial charge is 0.410 e.